The molecule has 0 radical (unpaired) electrons. The number of carbonyl (C=O) groups is 1. The Balaban J connectivity index is 2.75. The van der Waals surface area contributed by atoms with Crippen molar-refractivity contribution in [3.05, 3.63) is 24.3 Å². The van der Waals surface area contributed by atoms with Crippen molar-refractivity contribution in [2.24, 2.45) is 11.1 Å². The predicted molar refractivity (Wildman–Crippen MR) is 75.9 cm³/mol. The molecule has 19 heavy (non-hydrogen) atoms. The van der Waals surface area contributed by atoms with Crippen molar-refractivity contribution >= 4 is 27.5 Å². The molecule has 0 saturated heterocycles. The maximum atomic E-state index is 11.8. The van der Waals surface area contributed by atoms with Gasteiger partial charge in [-0.25, -0.2) is 5.14 Å². The van der Waals surface area contributed by atoms with Gasteiger partial charge in [0.25, 0.3) is 10.2 Å². The Morgan fingerprint density at radius 2 is 2.00 bits per heavy atom. The van der Waals surface area contributed by atoms with E-state index in [4.69, 9.17) is 5.14 Å². The van der Waals surface area contributed by atoms with Gasteiger partial charge in [0.2, 0.25) is 5.91 Å². The van der Waals surface area contributed by atoms with Crippen molar-refractivity contribution in [3.8, 4) is 0 Å². The standard InChI is InChI=1S/C12H19N3O3S/c1-3-5-9(2)12(16)14-10-6-4-7-11(8-10)15-19(13,17)18/h4,6-9,15H,3,5H2,1-2H3,(H,14,16)(H2,13,17,18). The number of anilines is 2. The highest BCUT2D eigenvalue weighted by Crippen LogP contribution is 2.17. The molecule has 0 bridgehead atoms. The SMILES string of the molecule is CCCC(C)C(=O)Nc1cccc(NS(N)(=O)=O)c1. The average molecular weight is 285 g/mol. The van der Waals surface area contributed by atoms with Crippen LogP contribution in [0.2, 0.25) is 0 Å². The minimum Gasteiger partial charge on any atom is -0.326 e. The quantitative estimate of drug-likeness (QED) is 0.741. The van der Waals surface area contributed by atoms with Crippen LogP contribution in [0.15, 0.2) is 24.3 Å². The Morgan fingerprint density at radius 3 is 2.58 bits per heavy atom. The topological polar surface area (TPSA) is 101 Å². The minimum atomic E-state index is -3.81. The van der Waals surface area contributed by atoms with E-state index < -0.39 is 10.2 Å². The van der Waals surface area contributed by atoms with E-state index in [0.29, 0.717) is 11.4 Å². The number of nitrogens with one attached hydrogen (secondary N) is 2. The molecule has 0 saturated carbocycles. The van der Waals surface area contributed by atoms with Gasteiger partial charge < -0.3 is 5.32 Å². The monoisotopic (exact) mass is 285 g/mol. The largest absolute Gasteiger partial charge is 0.326 e. The fourth-order valence-corrected chi connectivity index (χ4v) is 2.11. The number of hydrogen-bond acceptors (Lipinski definition) is 3. The number of benzene rings is 1. The molecule has 0 aromatic heterocycles. The first kappa shape index (κ1) is 15.5. The van der Waals surface area contributed by atoms with E-state index in [0.717, 1.165) is 12.8 Å². The molecule has 1 rings (SSSR count). The Bertz CT molecular complexity index is 543. The Morgan fingerprint density at radius 1 is 1.37 bits per heavy atom. The lowest BCUT2D eigenvalue weighted by molar-refractivity contribution is -0.119. The van der Waals surface area contributed by atoms with Gasteiger partial charge >= 0.3 is 0 Å². The minimum absolute atomic E-state index is 0.0835. The van der Waals surface area contributed by atoms with Gasteiger partial charge in [-0.1, -0.05) is 26.3 Å². The molecule has 0 spiro atoms. The molecule has 0 aliphatic heterocycles. The predicted octanol–water partition coefficient (Wildman–Crippen LogP) is 1.68. The molecule has 6 nitrogen and oxygen atoms in total. The van der Waals surface area contributed by atoms with Crippen molar-refractivity contribution in [2.75, 3.05) is 10.0 Å². The van der Waals surface area contributed by atoms with Gasteiger partial charge in [-0.2, -0.15) is 8.42 Å². The van der Waals surface area contributed by atoms with E-state index in [-0.39, 0.29) is 11.8 Å². The van der Waals surface area contributed by atoms with Crippen LogP contribution in [0.25, 0.3) is 0 Å². The van der Waals surface area contributed by atoms with Crippen LogP contribution in [-0.2, 0) is 15.0 Å². The van der Waals surface area contributed by atoms with Crippen LogP contribution in [-0.4, -0.2) is 14.3 Å². The summed E-state index contributed by atoms with van der Waals surface area (Å²) in [7, 11) is -3.81. The van der Waals surface area contributed by atoms with E-state index in [9.17, 15) is 13.2 Å². The number of amides is 1. The van der Waals surface area contributed by atoms with Crippen molar-refractivity contribution in [3.63, 3.8) is 0 Å². The van der Waals surface area contributed by atoms with Crippen LogP contribution in [0, 0.1) is 5.92 Å². The number of rotatable bonds is 6. The van der Waals surface area contributed by atoms with Crippen LogP contribution >= 0.6 is 0 Å². The average Bonchev–Trinajstić information content (AvgIpc) is 2.27. The highest BCUT2D eigenvalue weighted by atomic mass is 32.2. The van der Waals surface area contributed by atoms with E-state index in [1.54, 1.807) is 18.2 Å². The van der Waals surface area contributed by atoms with Crippen molar-refractivity contribution in [1.82, 2.24) is 0 Å². The van der Waals surface area contributed by atoms with Crippen LogP contribution in [0.4, 0.5) is 11.4 Å². The molecule has 7 heteroatoms. The van der Waals surface area contributed by atoms with Crippen LogP contribution in [0.3, 0.4) is 0 Å². The third-order valence-corrected chi connectivity index (χ3v) is 3.08. The molecular weight excluding hydrogens is 266 g/mol. The molecule has 1 amide bonds. The fourth-order valence-electron chi connectivity index (χ4n) is 1.65. The first-order valence-corrected chi connectivity index (χ1v) is 7.58. The van der Waals surface area contributed by atoms with E-state index in [1.165, 1.54) is 6.07 Å². The molecule has 1 aromatic carbocycles. The lowest BCUT2D eigenvalue weighted by Gasteiger charge is -2.12. The second-order valence-electron chi connectivity index (χ2n) is 4.41. The van der Waals surface area contributed by atoms with Gasteiger partial charge in [-0.15, -0.1) is 0 Å². The van der Waals surface area contributed by atoms with Crippen molar-refractivity contribution < 1.29 is 13.2 Å². The molecule has 0 aliphatic rings. The normalized spacial score (nSPS) is 12.8. The zero-order chi connectivity index (χ0) is 14.5. The van der Waals surface area contributed by atoms with Gasteiger partial charge in [-0.05, 0) is 24.6 Å². The van der Waals surface area contributed by atoms with E-state index >= 15 is 0 Å². The van der Waals surface area contributed by atoms with Gasteiger partial charge in [-0.3, -0.25) is 9.52 Å². The molecular formula is C12H19N3O3S. The molecule has 0 heterocycles. The molecule has 106 valence electrons. The third-order valence-electron chi connectivity index (χ3n) is 2.56. The molecule has 1 atom stereocenters. The second kappa shape index (κ2) is 6.53. The van der Waals surface area contributed by atoms with Gasteiger partial charge in [0, 0.05) is 11.6 Å². The van der Waals surface area contributed by atoms with Gasteiger partial charge in [0.15, 0.2) is 0 Å². The zero-order valence-corrected chi connectivity index (χ0v) is 11.8. The molecule has 1 aromatic rings. The second-order valence-corrected chi connectivity index (χ2v) is 5.70. The maximum Gasteiger partial charge on any atom is 0.296 e. The Kier molecular flexibility index (Phi) is 5.31. The summed E-state index contributed by atoms with van der Waals surface area (Å²) < 4.78 is 24.0. The third kappa shape index (κ3) is 5.71. The van der Waals surface area contributed by atoms with Gasteiger partial charge in [0.05, 0.1) is 5.69 Å². The fraction of sp³-hybridized carbons (Fsp3) is 0.417. The Hall–Kier alpha value is -1.60. The van der Waals surface area contributed by atoms with Crippen molar-refractivity contribution in [1.29, 1.82) is 0 Å². The summed E-state index contributed by atoms with van der Waals surface area (Å²) in [5.41, 5.74) is 0.838. The lowest BCUT2D eigenvalue weighted by atomic mass is 10.1. The highest BCUT2D eigenvalue weighted by Gasteiger charge is 2.12. The summed E-state index contributed by atoms with van der Waals surface area (Å²) >= 11 is 0. The number of hydrogen-bond donors (Lipinski definition) is 3. The summed E-state index contributed by atoms with van der Waals surface area (Å²) in [5.74, 6) is -0.172. The van der Waals surface area contributed by atoms with Gasteiger partial charge in [0.1, 0.15) is 0 Å². The molecule has 4 N–H and O–H groups in total. The summed E-state index contributed by atoms with van der Waals surface area (Å²) in [6.07, 6.45) is 1.74. The highest BCUT2D eigenvalue weighted by molar-refractivity contribution is 7.90. The summed E-state index contributed by atoms with van der Waals surface area (Å²) in [5, 5.41) is 7.62. The number of nitrogens with two attached hydrogens (primary N) is 1. The maximum absolute atomic E-state index is 11.8. The summed E-state index contributed by atoms with van der Waals surface area (Å²) in [4.78, 5) is 11.8. The van der Waals surface area contributed by atoms with E-state index in [2.05, 4.69) is 10.0 Å². The first-order chi connectivity index (χ1) is 8.81. The van der Waals surface area contributed by atoms with Crippen LogP contribution in [0.1, 0.15) is 26.7 Å². The molecule has 1 unspecified atom stereocenters. The van der Waals surface area contributed by atoms with Crippen molar-refractivity contribution in [2.45, 2.75) is 26.7 Å². The molecule has 0 fully saturated rings. The summed E-state index contributed by atoms with van der Waals surface area (Å²) in [6, 6.07) is 6.38. The zero-order valence-electron chi connectivity index (χ0n) is 11.0. The lowest BCUT2D eigenvalue weighted by Crippen LogP contribution is -2.22. The van der Waals surface area contributed by atoms with E-state index in [1.807, 2.05) is 13.8 Å². The van der Waals surface area contributed by atoms with Crippen LogP contribution in [0.5, 0.6) is 0 Å². The van der Waals surface area contributed by atoms with Crippen LogP contribution < -0.4 is 15.2 Å². The molecule has 0 aliphatic carbocycles. The first-order valence-electron chi connectivity index (χ1n) is 6.03. The smallest absolute Gasteiger partial charge is 0.296 e. The number of carbonyl (C=O) groups excluding carboxylic acids is 1. The Labute approximate surface area is 113 Å². The summed E-state index contributed by atoms with van der Waals surface area (Å²) in [6.45, 7) is 3.87.